The van der Waals surface area contributed by atoms with Gasteiger partial charge in [-0.15, -0.1) is 0 Å². The van der Waals surface area contributed by atoms with Crippen molar-refractivity contribution in [2.24, 2.45) is 0 Å². The molecule has 3 rings (SSSR count). The van der Waals surface area contributed by atoms with E-state index >= 15 is 0 Å². The monoisotopic (exact) mass is 362 g/mol. The number of anilines is 1. The van der Waals surface area contributed by atoms with Crippen molar-refractivity contribution in [1.82, 2.24) is 14.7 Å². The van der Waals surface area contributed by atoms with Gasteiger partial charge in [0, 0.05) is 17.6 Å². The van der Waals surface area contributed by atoms with Gasteiger partial charge in [-0.2, -0.15) is 18.3 Å². The molecule has 1 aromatic heterocycles. The number of nitrogens with zero attached hydrogens (tertiary/aromatic N) is 3. The second-order valence-electron chi connectivity index (χ2n) is 5.00. The fourth-order valence-electron chi connectivity index (χ4n) is 2.12. The summed E-state index contributed by atoms with van der Waals surface area (Å²) in [6.07, 6.45) is -5.20. The molecule has 0 saturated carbocycles. The van der Waals surface area contributed by atoms with Gasteiger partial charge in [0.2, 0.25) is 0 Å². The first-order valence-electron chi connectivity index (χ1n) is 6.79. The molecule has 0 aliphatic carbocycles. The number of benzene rings is 1. The lowest BCUT2D eigenvalue weighted by molar-refractivity contribution is -0.137. The predicted octanol–water partition coefficient (Wildman–Crippen LogP) is 3.32. The number of halogens is 4. The Morgan fingerprint density at radius 2 is 2.00 bits per heavy atom. The van der Waals surface area contributed by atoms with Gasteiger partial charge in [-0.3, -0.25) is 4.68 Å². The largest absolute Gasteiger partial charge is 0.465 e. The number of carboxylic acid groups (broad SMARTS) is 1. The minimum absolute atomic E-state index is 0.0971. The van der Waals surface area contributed by atoms with Gasteiger partial charge in [0.15, 0.2) is 0 Å². The lowest BCUT2D eigenvalue weighted by Gasteiger charge is -2.24. The van der Waals surface area contributed by atoms with Crippen molar-refractivity contribution < 1.29 is 23.1 Å². The highest BCUT2D eigenvalue weighted by Gasteiger charge is 2.30. The summed E-state index contributed by atoms with van der Waals surface area (Å²) in [7, 11) is 0. The molecule has 0 atom stereocenters. The molecule has 0 bridgehead atoms. The van der Waals surface area contributed by atoms with Crippen LogP contribution in [-0.4, -0.2) is 32.4 Å². The Morgan fingerprint density at radius 3 is 2.54 bits per heavy atom. The number of amides is 1. The van der Waals surface area contributed by atoms with E-state index in [9.17, 15) is 18.0 Å². The van der Waals surface area contributed by atoms with E-state index in [4.69, 9.17) is 22.4 Å². The summed E-state index contributed by atoms with van der Waals surface area (Å²) in [5.74, 6) is 0.447. The molecule has 1 aliphatic heterocycles. The van der Waals surface area contributed by atoms with E-state index in [1.165, 1.54) is 17.0 Å². The van der Waals surface area contributed by atoms with Gasteiger partial charge in [-0.05, 0) is 18.2 Å². The molecule has 1 amide bonds. The van der Waals surface area contributed by atoms with Crippen molar-refractivity contribution in [2.75, 3.05) is 12.3 Å². The fourth-order valence-corrected chi connectivity index (χ4v) is 2.31. The molecule has 6 nitrogen and oxygen atoms in total. The van der Waals surface area contributed by atoms with Crippen LogP contribution in [-0.2, 0) is 19.3 Å². The van der Waals surface area contributed by atoms with E-state index in [2.05, 4.69) is 5.10 Å². The standard InChI is InChI=1S/C7H4ClF3.C7H10N4O2/c8-6-3-1-2-5(4-6)7(9,10)11;8-6-3-5-4-10(7(12)13)1-2-11(5)9-6/h1-4H;3H,1-2,4H2,(H2,8,9)(H,12,13). The quantitative estimate of drug-likeness (QED) is 0.753. The van der Waals surface area contributed by atoms with Gasteiger partial charge in [-0.25, -0.2) is 4.79 Å². The molecule has 0 unspecified atom stereocenters. The molecule has 1 aliphatic rings. The van der Waals surface area contributed by atoms with Crippen LogP contribution in [0.25, 0.3) is 0 Å². The molecule has 3 N–H and O–H groups in total. The molecule has 0 saturated heterocycles. The summed E-state index contributed by atoms with van der Waals surface area (Å²) < 4.78 is 37.5. The Morgan fingerprint density at radius 1 is 1.29 bits per heavy atom. The van der Waals surface area contributed by atoms with E-state index in [-0.39, 0.29) is 5.02 Å². The van der Waals surface area contributed by atoms with Crippen molar-refractivity contribution in [2.45, 2.75) is 19.3 Å². The third-order valence-corrected chi connectivity index (χ3v) is 3.47. The highest BCUT2D eigenvalue weighted by atomic mass is 35.5. The van der Waals surface area contributed by atoms with E-state index < -0.39 is 17.8 Å². The Bertz CT molecular complexity index is 733. The van der Waals surface area contributed by atoms with Crippen molar-refractivity contribution >= 4 is 23.5 Å². The van der Waals surface area contributed by atoms with Crippen LogP contribution in [0.4, 0.5) is 23.8 Å². The number of rotatable bonds is 0. The van der Waals surface area contributed by atoms with Crippen LogP contribution < -0.4 is 5.73 Å². The predicted molar refractivity (Wildman–Crippen MR) is 81.5 cm³/mol. The van der Waals surface area contributed by atoms with Crippen LogP contribution in [0.3, 0.4) is 0 Å². The maximum absolute atomic E-state index is 11.9. The number of carbonyl (C=O) groups is 1. The molecule has 1 aromatic carbocycles. The molecular formula is C14H14ClF3N4O2. The first-order valence-corrected chi connectivity index (χ1v) is 7.17. The van der Waals surface area contributed by atoms with Gasteiger partial charge >= 0.3 is 12.3 Å². The lowest BCUT2D eigenvalue weighted by atomic mass is 10.2. The maximum atomic E-state index is 11.9. The molecule has 10 heteroatoms. The SMILES string of the molecule is FC(F)(F)c1cccc(Cl)c1.Nc1cc2n(n1)CCN(C(=O)O)C2. The third-order valence-electron chi connectivity index (χ3n) is 3.24. The molecule has 2 heterocycles. The molecule has 24 heavy (non-hydrogen) atoms. The second kappa shape index (κ2) is 7.00. The van der Waals surface area contributed by atoms with Gasteiger partial charge < -0.3 is 15.7 Å². The van der Waals surface area contributed by atoms with E-state index in [1.54, 1.807) is 10.7 Å². The minimum Gasteiger partial charge on any atom is -0.465 e. The zero-order valence-corrected chi connectivity index (χ0v) is 13.1. The molecule has 0 fully saturated rings. The molecule has 0 radical (unpaired) electrons. The Kier molecular flexibility index (Phi) is 5.23. The average Bonchev–Trinajstić information content (AvgIpc) is 2.86. The minimum atomic E-state index is -4.30. The normalized spacial score (nSPS) is 13.8. The van der Waals surface area contributed by atoms with Crippen LogP contribution in [0.5, 0.6) is 0 Å². The zero-order valence-electron chi connectivity index (χ0n) is 12.3. The van der Waals surface area contributed by atoms with Crippen molar-refractivity contribution in [3.05, 3.63) is 46.6 Å². The average molecular weight is 363 g/mol. The van der Waals surface area contributed by atoms with Crippen LogP contribution in [0.1, 0.15) is 11.3 Å². The molecule has 2 aromatic rings. The van der Waals surface area contributed by atoms with E-state index in [1.807, 2.05) is 0 Å². The number of nitrogens with two attached hydrogens (primary N) is 1. The lowest BCUT2D eigenvalue weighted by Crippen LogP contribution is -2.37. The maximum Gasteiger partial charge on any atom is 0.416 e. The Labute approximate surface area is 140 Å². The third kappa shape index (κ3) is 4.54. The highest BCUT2D eigenvalue weighted by Crippen LogP contribution is 2.30. The highest BCUT2D eigenvalue weighted by molar-refractivity contribution is 6.30. The number of fused-ring (bicyclic) bond motifs is 1. The number of nitrogen functional groups attached to an aromatic ring is 1. The summed E-state index contributed by atoms with van der Waals surface area (Å²) in [5, 5.41) is 12.9. The van der Waals surface area contributed by atoms with E-state index in [0.29, 0.717) is 25.5 Å². The first-order chi connectivity index (χ1) is 11.2. The van der Waals surface area contributed by atoms with Crippen molar-refractivity contribution in [3.63, 3.8) is 0 Å². The zero-order chi connectivity index (χ0) is 17.9. The van der Waals surface area contributed by atoms with Gasteiger partial charge in [0.05, 0.1) is 24.3 Å². The second-order valence-corrected chi connectivity index (χ2v) is 5.43. The van der Waals surface area contributed by atoms with Crippen molar-refractivity contribution in [3.8, 4) is 0 Å². The molecule has 0 spiro atoms. The van der Waals surface area contributed by atoms with Gasteiger partial charge in [-0.1, -0.05) is 17.7 Å². The van der Waals surface area contributed by atoms with Gasteiger partial charge in [0.1, 0.15) is 5.82 Å². The summed E-state index contributed by atoms with van der Waals surface area (Å²) in [6.45, 7) is 1.43. The molecule has 130 valence electrons. The number of hydrogen-bond acceptors (Lipinski definition) is 3. The molecular weight excluding hydrogens is 349 g/mol. The van der Waals surface area contributed by atoms with Gasteiger partial charge in [0.25, 0.3) is 0 Å². The van der Waals surface area contributed by atoms with Crippen molar-refractivity contribution in [1.29, 1.82) is 0 Å². The van der Waals surface area contributed by atoms with Crippen LogP contribution >= 0.6 is 11.6 Å². The Hall–Kier alpha value is -2.42. The number of alkyl halides is 3. The summed E-state index contributed by atoms with van der Waals surface area (Å²) in [6, 6.07) is 6.24. The fraction of sp³-hybridized carbons (Fsp3) is 0.286. The smallest absolute Gasteiger partial charge is 0.416 e. The summed E-state index contributed by atoms with van der Waals surface area (Å²) in [5.41, 5.74) is 5.62. The van der Waals surface area contributed by atoms with Crippen LogP contribution in [0.2, 0.25) is 5.02 Å². The first kappa shape index (κ1) is 17.9. The van der Waals surface area contributed by atoms with Crippen LogP contribution in [0, 0.1) is 0 Å². The van der Waals surface area contributed by atoms with Crippen LogP contribution in [0.15, 0.2) is 30.3 Å². The topological polar surface area (TPSA) is 84.4 Å². The van der Waals surface area contributed by atoms with E-state index in [0.717, 1.165) is 17.8 Å². The Balaban J connectivity index is 0.000000177. The summed E-state index contributed by atoms with van der Waals surface area (Å²) in [4.78, 5) is 12.0. The summed E-state index contributed by atoms with van der Waals surface area (Å²) >= 11 is 5.35. The number of hydrogen-bond donors (Lipinski definition) is 2. The number of aromatic nitrogens is 2.